The Morgan fingerprint density at radius 1 is 1.22 bits per heavy atom. The Hall–Kier alpha value is -2.15. The van der Waals surface area contributed by atoms with Gasteiger partial charge in [0.25, 0.3) is 0 Å². The lowest BCUT2D eigenvalue weighted by Crippen LogP contribution is -2.50. The maximum absolute atomic E-state index is 13.5. The minimum atomic E-state index is -0.175. The monoisotopic (exact) mass is 375 g/mol. The SMILES string of the molecule is CN=C(NCCN1CCN(C(C)=O)CC1)NCC1(c2cccc(F)c2)CC1. The van der Waals surface area contributed by atoms with Crippen molar-refractivity contribution < 1.29 is 9.18 Å². The van der Waals surface area contributed by atoms with Crippen LogP contribution >= 0.6 is 0 Å². The van der Waals surface area contributed by atoms with Crippen molar-refractivity contribution in [2.24, 2.45) is 4.99 Å². The zero-order valence-corrected chi connectivity index (χ0v) is 16.3. The topological polar surface area (TPSA) is 60.0 Å². The molecule has 0 unspecified atom stereocenters. The predicted molar refractivity (Wildman–Crippen MR) is 105 cm³/mol. The third-order valence-electron chi connectivity index (χ3n) is 5.65. The third-order valence-corrected chi connectivity index (χ3v) is 5.65. The number of rotatable bonds is 6. The number of nitrogens with zero attached hydrogens (tertiary/aromatic N) is 3. The van der Waals surface area contributed by atoms with Crippen LogP contribution in [0.5, 0.6) is 0 Å². The van der Waals surface area contributed by atoms with Crippen LogP contribution in [0.2, 0.25) is 0 Å². The molecular weight excluding hydrogens is 345 g/mol. The summed E-state index contributed by atoms with van der Waals surface area (Å²) in [5.41, 5.74) is 1.09. The van der Waals surface area contributed by atoms with Crippen LogP contribution in [0.1, 0.15) is 25.3 Å². The van der Waals surface area contributed by atoms with E-state index in [1.165, 1.54) is 6.07 Å². The van der Waals surface area contributed by atoms with Gasteiger partial charge in [-0.1, -0.05) is 12.1 Å². The predicted octanol–water partition coefficient (Wildman–Crippen LogP) is 1.19. The van der Waals surface area contributed by atoms with E-state index in [1.807, 2.05) is 11.0 Å². The molecule has 7 heteroatoms. The van der Waals surface area contributed by atoms with Gasteiger partial charge >= 0.3 is 0 Å². The lowest BCUT2D eigenvalue weighted by molar-refractivity contribution is -0.130. The molecule has 148 valence electrons. The fourth-order valence-corrected chi connectivity index (χ4v) is 3.63. The highest BCUT2D eigenvalue weighted by Crippen LogP contribution is 2.47. The zero-order valence-electron chi connectivity index (χ0n) is 16.3. The Bertz CT molecular complexity index is 681. The molecule has 1 heterocycles. The van der Waals surface area contributed by atoms with Gasteiger partial charge in [0.1, 0.15) is 5.82 Å². The lowest BCUT2D eigenvalue weighted by Gasteiger charge is -2.34. The number of piperazine rings is 1. The van der Waals surface area contributed by atoms with Gasteiger partial charge in [0.2, 0.25) is 5.91 Å². The van der Waals surface area contributed by atoms with E-state index in [2.05, 4.69) is 20.5 Å². The first kappa shape index (κ1) is 19.6. The fourth-order valence-electron chi connectivity index (χ4n) is 3.63. The van der Waals surface area contributed by atoms with Crippen molar-refractivity contribution in [1.82, 2.24) is 20.4 Å². The Morgan fingerprint density at radius 2 is 1.96 bits per heavy atom. The summed E-state index contributed by atoms with van der Waals surface area (Å²) in [4.78, 5) is 19.9. The third kappa shape index (κ3) is 5.19. The Balaban J connectivity index is 1.40. The quantitative estimate of drug-likeness (QED) is 0.579. The second-order valence-corrected chi connectivity index (χ2v) is 7.49. The lowest BCUT2D eigenvalue weighted by atomic mass is 9.96. The fraction of sp³-hybridized carbons (Fsp3) is 0.600. The molecule has 1 aliphatic heterocycles. The molecule has 1 aliphatic carbocycles. The molecule has 1 amide bonds. The van der Waals surface area contributed by atoms with Gasteiger partial charge in [-0.05, 0) is 30.5 Å². The summed E-state index contributed by atoms with van der Waals surface area (Å²) in [6.07, 6.45) is 2.14. The molecule has 0 atom stereocenters. The van der Waals surface area contributed by atoms with Gasteiger partial charge in [-0.25, -0.2) is 4.39 Å². The van der Waals surface area contributed by atoms with Crippen LogP contribution in [-0.4, -0.2) is 74.5 Å². The first-order valence-corrected chi connectivity index (χ1v) is 9.71. The van der Waals surface area contributed by atoms with Crippen molar-refractivity contribution >= 4 is 11.9 Å². The summed E-state index contributed by atoms with van der Waals surface area (Å²) < 4.78 is 13.5. The van der Waals surface area contributed by atoms with Gasteiger partial charge in [-0.3, -0.25) is 14.7 Å². The van der Waals surface area contributed by atoms with E-state index in [4.69, 9.17) is 0 Å². The van der Waals surface area contributed by atoms with Crippen LogP contribution in [-0.2, 0) is 10.2 Å². The maximum Gasteiger partial charge on any atom is 0.219 e. The highest BCUT2D eigenvalue weighted by atomic mass is 19.1. The van der Waals surface area contributed by atoms with Crippen LogP contribution in [0.4, 0.5) is 4.39 Å². The summed E-state index contributed by atoms with van der Waals surface area (Å²) in [5.74, 6) is 0.760. The molecule has 1 saturated carbocycles. The minimum absolute atomic E-state index is 0.0305. The number of carbonyl (C=O) groups is 1. The number of amides is 1. The average molecular weight is 375 g/mol. The highest BCUT2D eigenvalue weighted by molar-refractivity contribution is 5.79. The van der Waals surface area contributed by atoms with Gasteiger partial charge in [0, 0.05) is 65.2 Å². The molecule has 2 aliphatic rings. The van der Waals surface area contributed by atoms with E-state index in [1.54, 1.807) is 26.1 Å². The summed E-state index contributed by atoms with van der Waals surface area (Å²) >= 11 is 0. The van der Waals surface area contributed by atoms with Crippen molar-refractivity contribution in [3.63, 3.8) is 0 Å². The summed E-state index contributed by atoms with van der Waals surface area (Å²) in [5, 5.41) is 6.75. The average Bonchev–Trinajstić information content (AvgIpc) is 3.46. The van der Waals surface area contributed by atoms with E-state index in [-0.39, 0.29) is 17.1 Å². The van der Waals surface area contributed by atoms with E-state index >= 15 is 0 Å². The van der Waals surface area contributed by atoms with Gasteiger partial charge in [-0.2, -0.15) is 0 Å². The molecule has 0 bridgehead atoms. The Labute approximate surface area is 160 Å². The van der Waals surface area contributed by atoms with Gasteiger partial charge in [0.15, 0.2) is 5.96 Å². The molecule has 2 fully saturated rings. The number of aliphatic imine (C=N–C) groups is 1. The van der Waals surface area contributed by atoms with E-state index in [9.17, 15) is 9.18 Å². The van der Waals surface area contributed by atoms with Crippen LogP contribution in [0.3, 0.4) is 0 Å². The van der Waals surface area contributed by atoms with Gasteiger partial charge < -0.3 is 15.5 Å². The molecule has 3 rings (SSSR count). The molecule has 2 N–H and O–H groups in total. The molecular formula is C20H30FN5O. The van der Waals surface area contributed by atoms with Crippen molar-refractivity contribution in [2.75, 3.05) is 52.9 Å². The number of benzene rings is 1. The molecule has 1 aromatic rings. The van der Waals surface area contributed by atoms with Crippen LogP contribution < -0.4 is 10.6 Å². The smallest absolute Gasteiger partial charge is 0.219 e. The number of hydrogen-bond acceptors (Lipinski definition) is 3. The second-order valence-electron chi connectivity index (χ2n) is 7.49. The number of nitrogens with one attached hydrogen (secondary N) is 2. The maximum atomic E-state index is 13.5. The van der Waals surface area contributed by atoms with Crippen LogP contribution in [0.15, 0.2) is 29.3 Å². The molecule has 27 heavy (non-hydrogen) atoms. The first-order valence-electron chi connectivity index (χ1n) is 9.71. The number of guanidine groups is 1. The highest BCUT2D eigenvalue weighted by Gasteiger charge is 2.44. The molecule has 1 aromatic carbocycles. The zero-order chi connectivity index (χ0) is 19.3. The standard InChI is InChI=1S/C20H30FN5O/c1-16(27)26-12-10-25(11-13-26)9-8-23-19(22-2)24-15-20(6-7-20)17-4-3-5-18(21)14-17/h3-5,14H,6-13,15H2,1-2H3,(H2,22,23,24). The minimum Gasteiger partial charge on any atom is -0.356 e. The van der Waals surface area contributed by atoms with E-state index < -0.39 is 0 Å². The molecule has 0 radical (unpaired) electrons. The number of halogens is 1. The van der Waals surface area contributed by atoms with Crippen molar-refractivity contribution in [3.05, 3.63) is 35.6 Å². The second kappa shape index (κ2) is 8.69. The van der Waals surface area contributed by atoms with Crippen molar-refractivity contribution in [2.45, 2.75) is 25.2 Å². The van der Waals surface area contributed by atoms with Crippen LogP contribution in [0, 0.1) is 5.82 Å². The molecule has 1 saturated heterocycles. The molecule has 0 spiro atoms. The number of carbonyl (C=O) groups excluding carboxylic acids is 1. The largest absolute Gasteiger partial charge is 0.356 e. The Morgan fingerprint density at radius 3 is 2.56 bits per heavy atom. The first-order chi connectivity index (χ1) is 13.0. The van der Waals surface area contributed by atoms with Gasteiger partial charge in [0.05, 0.1) is 0 Å². The van der Waals surface area contributed by atoms with E-state index in [0.717, 1.165) is 70.2 Å². The number of hydrogen-bond donors (Lipinski definition) is 2. The van der Waals surface area contributed by atoms with Crippen molar-refractivity contribution in [3.8, 4) is 0 Å². The van der Waals surface area contributed by atoms with Gasteiger partial charge in [-0.15, -0.1) is 0 Å². The van der Waals surface area contributed by atoms with E-state index in [0.29, 0.717) is 0 Å². The molecule has 6 nitrogen and oxygen atoms in total. The normalized spacial score (nSPS) is 19.7. The molecule has 0 aromatic heterocycles. The summed E-state index contributed by atoms with van der Waals surface area (Å²) in [6, 6.07) is 6.92. The summed E-state index contributed by atoms with van der Waals surface area (Å²) in [7, 11) is 1.77. The van der Waals surface area contributed by atoms with Crippen molar-refractivity contribution in [1.29, 1.82) is 0 Å². The van der Waals surface area contributed by atoms with Crippen LogP contribution in [0.25, 0.3) is 0 Å². The Kier molecular flexibility index (Phi) is 6.31. The summed E-state index contributed by atoms with van der Waals surface area (Å²) in [6.45, 7) is 7.54.